The van der Waals surface area contributed by atoms with Gasteiger partial charge in [0.15, 0.2) is 11.5 Å². The van der Waals surface area contributed by atoms with Gasteiger partial charge in [0.1, 0.15) is 5.82 Å². The molecular weight excluding hydrogens is 454 g/mol. The molecule has 2 aliphatic rings. The van der Waals surface area contributed by atoms with Crippen molar-refractivity contribution in [2.75, 3.05) is 18.4 Å². The third kappa shape index (κ3) is 4.21. The number of piperidine rings is 1. The normalized spacial score (nSPS) is 16.3. The van der Waals surface area contributed by atoms with Crippen molar-refractivity contribution in [3.8, 4) is 5.82 Å². The number of likely N-dealkylation sites (tertiary alicyclic amines) is 1. The molecule has 1 aliphatic carbocycles. The number of amides is 2. The molecule has 0 atom stereocenters. The van der Waals surface area contributed by atoms with Crippen LogP contribution in [0.25, 0.3) is 16.9 Å². The summed E-state index contributed by atoms with van der Waals surface area (Å²) in [5, 5.41) is 8.36. The van der Waals surface area contributed by atoms with Gasteiger partial charge in [-0.1, -0.05) is 12.1 Å². The van der Waals surface area contributed by atoms with Crippen LogP contribution in [0.15, 0.2) is 54.9 Å². The summed E-state index contributed by atoms with van der Waals surface area (Å²) in [6.07, 6.45) is 6.77. The summed E-state index contributed by atoms with van der Waals surface area (Å²) in [7, 11) is 0. The molecule has 2 fully saturated rings. The number of hydrogen-bond donors (Lipinski definition) is 1. The number of hydrogen-bond acceptors (Lipinski definition) is 6. The molecule has 0 bridgehead atoms. The first-order chi connectivity index (χ1) is 17.6. The molecule has 4 aromatic heterocycles. The zero-order valence-corrected chi connectivity index (χ0v) is 20.1. The maximum atomic E-state index is 13.8. The lowest BCUT2D eigenvalue weighted by molar-refractivity contribution is -0.121. The number of carbonyl (C=O) groups is 2. The highest BCUT2D eigenvalue weighted by Gasteiger charge is 2.32. The Morgan fingerprint density at radius 3 is 2.39 bits per heavy atom. The first-order valence-electron chi connectivity index (χ1n) is 12.4. The van der Waals surface area contributed by atoms with Crippen molar-refractivity contribution >= 4 is 28.7 Å². The van der Waals surface area contributed by atoms with E-state index in [1.807, 2.05) is 48.2 Å². The van der Waals surface area contributed by atoms with E-state index in [4.69, 9.17) is 10.1 Å². The standard InChI is InChI=1S/C27H27N7O2/c1-17-24-20(16-21(18-8-9-18)30-25(24)34(32-17)23-7-3-5-13-29-23)27(36)33-14-10-19(11-15-33)26(35)31-22-6-2-4-12-28-22/h2-7,12-13,16,18-19H,8-11,14-15H2,1H3,(H,28,31,35). The molecule has 1 saturated carbocycles. The van der Waals surface area contributed by atoms with Crippen LogP contribution in [0, 0.1) is 12.8 Å². The highest BCUT2D eigenvalue weighted by atomic mass is 16.2. The summed E-state index contributed by atoms with van der Waals surface area (Å²) in [6, 6.07) is 13.0. The fourth-order valence-corrected chi connectivity index (χ4v) is 4.88. The van der Waals surface area contributed by atoms with Crippen molar-refractivity contribution in [1.82, 2.24) is 29.6 Å². The van der Waals surface area contributed by atoms with Gasteiger partial charge in [0.25, 0.3) is 5.91 Å². The number of fused-ring (bicyclic) bond motifs is 1. The summed E-state index contributed by atoms with van der Waals surface area (Å²) in [5.74, 6) is 1.38. The zero-order chi connectivity index (χ0) is 24.6. The molecule has 1 N–H and O–H groups in total. The largest absolute Gasteiger partial charge is 0.339 e. The van der Waals surface area contributed by atoms with E-state index in [1.54, 1.807) is 23.1 Å². The lowest BCUT2D eigenvalue weighted by Gasteiger charge is -2.31. The maximum absolute atomic E-state index is 13.8. The van der Waals surface area contributed by atoms with Gasteiger partial charge in [0.2, 0.25) is 5.91 Å². The van der Waals surface area contributed by atoms with Crippen molar-refractivity contribution < 1.29 is 9.59 Å². The van der Waals surface area contributed by atoms with Crippen LogP contribution < -0.4 is 5.32 Å². The fourth-order valence-electron chi connectivity index (χ4n) is 4.88. The molecule has 9 heteroatoms. The Morgan fingerprint density at radius 1 is 0.972 bits per heavy atom. The summed E-state index contributed by atoms with van der Waals surface area (Å²) < 4.78 is 1.74. The van der Waals surface area contributed by atoms with Crippen molar-refractivity contribution in [1.29, 1.82) is 0 Å². The van der Waals surface area contributed by atoms with Gasteiger partial charge in [-0.15, -0.1) is 0 Å². The molecule has 1 saturated heterocycles. The van der Waals surface area contributed by atoms with Crippen molar-refractivity contribution in [3.05, 3.63) is 71.8 Å². The highest BCUT2D eigenvalue weighted by molar-refractivity contribution is 6.07. The lowest BCUT2D eigenvalue weighted by atomic mass is 9.95. The molecule has 6 rings (SSSR count). The van der Waals surface area contributed by atoms with Gasteiger partial charge in [0, 0.05) is 43.0 Å². The average molecular weight is 482 g/mol. The van der Waals surface area contributed by atoms with E-state index in [9.17, 15) is 9.59 Å². The Bertz CT molecular complexity index is 1420. The molecule has 0 aromatic carbocycles. The Balaban J connectivity index is 1.26. The van der Waals surface area contributed by atoms with E-state index in [1.165, 1.54) is 0 Å². The highest BCUT2D eigenvalue weighted by Crippen LogP contribution is 2.41. The van der Waals surface area contributed by atoms with Gasteiger partial charge in [-0.3, -0.25) is 9.59 Å². The minimum atomic E-state index is -0.149. The average Bonchev–Trinajstić information content (AvgIpc) is 3.72. The van der Waals surface area contributed by atoms with Crippen LogP contribution >= 0.6 is 0 Å². The second-order valence-corrected chi connectivity index (χ2v) is 9.52. The fraction of sp³-hybridized carbons (Fsp3) is 0.333. The Kier molecular flexibility index (Phi) is 5.67. The number of rotatable bonds is 5. The molecule has 0 radical (unpaired) electrons. The number of aromatic nitrogens is 5. The maximum Gasteiger partial charge on any atom is 0.254 e. The van der Waals surface area contributed by atoms with Gasteiger partial charge in [-0.25, -0.2) is 15.0 Å². The zero-order valence-electron chi connectivity index (χ0n) is 20.1. The number of nitrogens with zero attached hydrogens (tertiary/aromatic N) is 6. The monoisotopic (exact) mass is 481 g/mol. The van der Waals surface area contributed by atoms with Crippen LogP contribution in [0.4, 0.5) is 5.82 Å². The van der Waals surface area contributed by atoms with Gasteiger partial charge >= 0.3 is 0 Å². The Hall–Kier alpha value is -4.14. The topological polar surface area (TPSA) is 106 Å². The number of nitrogens with one attached hydrogen (secondary N) is 1. The number of carbonyl (C=O) groups excluding carboxylic acids is 2. The lowest BCUT2D eigenvalue weighted by Crippen LogP contribution is -2.41. The minimum absolute atomic E-state index is 0.0310. The second kappa shape index (κ2) is 9.14. The molecular formula is C27H27N7O2. The Morgan fingerprint density at radius 2 is 1.72 bits per heavy atom. The number of anilines is 1. The van der Waals surface area contributed by atoms with Crippen LogP contribution in [-0.2, 0) is 4.79 Å². The van der Waals surface area contributed by atoms with Gasteiger partial charge in [-0.05, 0) is 62.9 Å². The second-order valence-electron chi connectivity index (χ2n) is 9.52. The van der Waals surface area contributed by atoms with Crippen molar-refractivity contribution in [3.63, 3.8) is 0 Å². The Labute approximate surface area is 208 Å². The van der Waals surface area contributed by atoms with Gasteiger partial charge in [-0.2, -0.15) is 9.78 Å². The molecule has 4 aromatic rings. The summed E-state index contributed by atoms with van der Waals surface area (Å²) in [5.41, 5.74) is 2.99. The van der Waals surface area contributed by atoms with E-state index in [0.29, 0.717) is 54.7 Å². The minimum Gasteiger partial charge on any atom is -0.339 e. The van der Waals surface area contributed by atoms with E-state index in [0.717, 1.165) is 29.6 Å². The van der Waals surface area contributed by atoms with E-state index in [2.05, 4.69) is 15.3 Å². The summed E-state index contributed by atoms with van der Waals surface area (Å²) >= 11 is 0. The van der Waals surface area contributed by atoms with E-state index in [-0.39, 0.29) is 17.7 Å². The van der Waals surface area contributed by atoms with E-state index >= 15 is 0 Å². The predicted octanol–water partition coefficient (Wildman–Crippen LogP) is 3.89. The molecule has 9 nitrogen and oxygen atoms in total. The quantitative estimate of drug-likeness (QED) is 0.464. The smallest absolute Gasteiger partial charge is 0.254 e. The molecule has 182 valence electrons. The van der Waals surface area contributed by atoms with Crippen LogP contribution in [-0.4, -0.2) is 54.5 Å². The van der Waals surface area contributed by atoms with Crippen molar-refractivity contribution in [2.45, 2.75) is 38.5 Å². The SMILES string of the molecule is Cc1nn(-c2ccccn2)c2nc(C3CC3)cc(C(=O)N3CCC(C(=O)Nc4ccccn4)CC3)c12. The molecule has 5 heterocycles. The first kappa shape index (κ1) is 22.3. The first-order valence-corrected chi connectivity index (χ1v) is 12.4. The summed E-state index contributed by atoms with van der Waals surface area (Å²) in [4.78, 5) is 41.9. The van der Waals surface area contributed by atoms with Crippen LogP contribution in [0.5, 0.6) is 0 Å². The number of aryl methyl sites for hydroxylation is 1. The number of pyridine rings is 3. The predicted molar refractivity (Wildman–Crippen MR) is 135 cm³/mol. The third-order valence-electron chi connectivity index (χ3n) is 6.99. The molecule has 0 unspecified atom stereocenters. The molecule has 0 spiro atoms. The molecule has 36 heavy (non-hydrogen) atoms. The van der Waals surface area contributed by atoms with Crippen LogP contribution in [0.2, 0.25) is 0 Å². The summed E-state index contributed by atoms with van der Waals surface area (Å²) in [6.45, 7) is 2.95. The molecule has 2 amide bonds. The van der Waals surface area contributed by atoms with E-state index < -0.39 is 0 Å². The van der Waals surface area contributed by atoms with Crippen LogP contribution in [0.3, 0.4) is 0 Å². The van der Waals surface area contributed by atoms with Crippen molar-refractivity contribution in [2.24, 2.45) is 5.92 Å². The third-order valence-corrected chi connectivity index (χ3v) is 6.99. The van der Waals surface area contributed by atoms with Gasteiger partial charge < -0.3 is 10.2 Å². The molecule has 1 aliphatic heterocycles. The van der Waals surface area contributed by atoms with Gasteiger partial charge in [0.05, 0.1) is 16.6 Å². The van der Waals surface area contributed by atoms with Crippen LogP contribution in [0.1, 0.15) is 53.3 Å².